The van der Waals surface area contributed by atoms with E-state index >= 15 is 0 Å². The number of furan rings is 1. The number of hydrogen-bond donors (Lipinski definition) is 2. The second kappa shape index (κ2) is 9.46. The number of pyridine rings is 1. The maximum absolute atomic E-state index is 13.2. The number of nitrogens with zero attached hydrogens (tertiary/aromatic N) is 1. The number of aromatic nitrogens is 1. The topological polar surface area (TPSA) is 125 Å². The van der Waals surface area contributed by atoms with E-state index in [9.17, 15) is 27.6 Å². The van der Waals surface area contributed by atoms with Crippen LogP contribution in [0.2, 0.25) is 0 Å². The molecule has 2 amide bonds. The summed E-state index contributed by atoms with van der Waals surface area (Å²) in [5.74, 6) is -1.06. The smallest absolute Gasteiger partial charge is 0.433 e. The summed E-state index contributed by atoms with van der Waals surface area (Å²) in [4.78, 5) is 39.5. The zero-order valence-corrected chi connectivity index (χ0v) is 19.7. The average Bonchev–Trinajstić information content (AvgIpc) is 3.43. The first-order chi connectivity index (χ1) is 16.9. The molecule has 0 saturated carbocycles. The largest absolute Gasteiger partial charge is 0.486 e. The van der Waals surface area contributed by atoms with Crippen LogP contribution in [-0.2, 0) is 12.8 Å². The first kappa shape index (κ1) is 24.9. The third-order valence-corrected chi connectivity index (χ3v) is 6.24. The molecule has 186 valence electrons. The molecule has 0 unspecified atom stereocenters. The number of thiophene rings is 1. The van der Waals surface area contributed by atoms with Crippen molar-refractivity contribution in [2.75, 3.05) is 5.32 Å². The highest BCUT2D eigenvalue weighted by Gasteiger charge is 2.34. The normalized spacial score (nSPS) is 11.5. The summed E-state index contributed by atoms with van der Waals surface area (Å²) in [6.07, 6.45) is -4.68. The molecule has 12 heteroatoms. The Kier molecular flexibility index (Phi) is 6.55. The van der Waals surface area contributed by atoms with Crippen molar-refractivity contribution in [2.24, 2.45) is 5.73 Å². The number of ether oxygens (including phenoxy) is 1. The van der Waals surface area contributed by atoms with Crippen molar-refractivity contribution in [1.29, 1.82) is 0 Å². The fourth-order valence-electron chi connectivity index (χ4n) is 3.41. The molecule has 0 aliphatic heterocycles. The van der Waals surface area contributed by atoms with Gasteiger partial charge in [0, 0.05) is 10.9 Å². The van der Waals surface area contributed by atoms with E-state index in [1.807, 2.05) is 0 Å². The fourth-order valence-corrected chi connectivity index (χ4v) is 4.47. The Labute approximate surface area is 205 Å². The second-order valence-corrected chi connectivity index (χ2v) is 8.76. The van der Waals surface area contributed by atoms with Crippen LogP contribution in [0.25, 0.3) is 10.2 Å². The lowest BCUT2D eigenvalue weighted by Crippen LogP contribution is -2.16. The summed E-state index contributed by atoms with van der Waals surface area (Å²) in [6.45, 7) is 2.86. The molecule has 1 aromatic carbocycles. The number of halogens is 3. The third-order valence-electron chi connectivity index (χ3n) is 5.14. The van der Waals surface area contributed by atoms with Crippen LogP contribution >= 0.6 is 11.3 Å². The number of carbonyl (C=O) groups is 3. The van der Waals surface area contributed by atoms with Crippen molar-refractivity contribution in [3.05, 3.63) is 75.7 Å². The minimum atomic E-state index is -4.68. The van der Waals surface area contributed by atoms with Gasteiger partial charge in [0.25, 0.3) is 11.8 Å². The number of alkyl halides is 3. The van der Waals surface area contributed by atoms with Gasteiger partial charge in [-0.1, -0.05) is 0 Å². The van der Waals surface area contributed by atoms with Gasteiger partial charge in [-0.25, -0.2) is 4.98 Å². The van der Waals surface area contributed by atoms with Gasteiger partial charge in [0.2, 0.25) is 0 Å². The summed E-state index contributed by atoms with van der Waals surface area (Å²) in [5.41, 5.74) is 4.95. The lowest BCUT2D eigenvalue weighted by Gasteiger charge is -2.09. The van der Waals surface area contributed by atoms with Crippen LogP contribution in [0.5, 0.6) is 5.75 Å². The van der Waals surface area contributed by atoms with Gasteiger partial charge in [0.05, 0.1) is 5.69 Å². The molecule has 0 spiro atoms. The Morgan fingerprint density at radius 1 is 1.14 bits per heavy atom. The molecule has 0 atom stereocenters. The lowest BCUT2D eigenvalue weighted by molar-refractivity contribution is -0.141. The molecule has 3 aromatic heterocycles. The van der Waals surface area contributed by atoms with E-state index in [0.717, 1.165) is 6.07 Å². The van der Waals surface area contributed by atoms with Crippen LogP contribution in [-0.4, -0.2) is 22.6 Å². The predicted molar refractivity (Wildman–Crippen MR) is 125 cm³/mol. The summed E-state index contributed by atoms with van der Waals surface area (Å²) >= 11 is 0.655. The Morgan fingerprint density at radius 2 is 1.83 bits per heavy atom. The maximum Gasteiger partial charge on any atom is 0.433 e. The van der Waals surface area contributed by atoms with Crippen molar-refractivity contribution in [3.63, 3.8) is 0 Å². The van der Waals surface area contributed by atoms with Crippen LogP contribution in [0.15, 0.2) is 46.9 Å². The van der Waals surface area contributed by atoms with E-state index in [4.69, 9.17) is 14.9 Å². The first-order valence-corrected chi connectivity index (χ1v) is 11.2. The van der Waals surface area contributed by atoms with Crippen LogP contribution in [0.3, 0.4) is 0 Å². The highest BCUT2D eigenvalue weighted by molar-refractivity contribution is 7.21. The number of rotatable bonds is 7. The molecule has 4 rings (SSSR count). The predicted octanol–water partition coefficient (Wildman–Crippen LogP) is 5.35. The number of primary amides is 1. The van der Waals surface area contributed by atoms with Gasteiger partial charge < -0.3 is 20.2 Å². The van der Waals surface area contributed by atoms with Gasteiger partial charge in [-0.2, -0.15) is 13.2 Å². The summed E-state index contributed by atoms with van der Waals surface area (Å²) in [6, 6.07) is 10.2. The van der Waals surface area contributed by atoms with Crippen molar-refractivity contribution in [3.8, 4) is 5.75 Å². The number of fused-ring (bicyclic) bond motifs is 1. The van der Waals surface area contributed by atoms with Gasteiger partial charge in [-0.05, 0) is 61.9 Å². The number of aryl methyl sites for hydroxylation is 1. The molecule has 3 heterocycles. The highest BCUT2D eigenvalue weighted by atomic mass is 32.1. The number of anilines is 1. The number of hydrogen-bond acceptors (Lipinski definition) is 7. The highest BCUT2D eigenvalue weighted by Crippen LogP contribution is 2.40. The van der Waals surface area contributed by atoms with Crippen LogP contribution in [0.1, 0.15) is 54.5 Å². The second-order valence-electron chi connectivity index (χ2n) is 7.76. The quantitative estimate of drug-likeness (QED) is 0.319. The minimum absolute atomic E-state index is 0.0101. The van der Waals surface area contributed by atoms with Crippen LogP contribution < -0.4 is 15.8 Å². The van der Waals surface area contributed by atoms with E-state index in [-0.39, 0.29) is 44.5 Å². The lowest BCUT2D eigenvalue weighted by atomic mass is 10.1. The van der Waals surface area contributed by atoms with Gasteiger partial charge in [-0.15, -0.1) is 11.3 Å². The SMILES string of the molecule is CC(=O)c1ccc(OCc2ccc(C(=O)Nc3c(C(N)=O)sc4nc(C(F)(F)F)cc(C)c34)o2)cc1. The standard InChI is InChI=1S/C24H18F3N3O5S/c1-11-9-17(24(25,26)27)29-23-18(11)19(20(36-23)21(28)32)30-22(33)16-8-7-15(35-16)10-34-14-5-3-13(4-6-14)12(2)31/h3-9H,10H2,1-2H3,(H2,28,32)(H,30,33). The molecule has 36 heavy (non-hydrogen) atoms. The Bertz CT molecular complexity index is 1490. The van der Waals surface area contributed by atoms with Gasteiger partial charge in [-0.3, -0.25) is 14.4 Å². The number of Topliss-reactive ketones (excluding diaryl/α,β-unsaturated/α-hetero) is 1. The monoisotopic (exact) mass is 517 g/mol. The van der Waals surface area contributed by atoms with E-state index in [1.165, 1.54) is 26.0 Å². The summed E-state index contributed by atoms with van der Waals surface area (Å²) in [7, 11) is 0. The molecule has 0 bridgehead atoms. The molecule has 3 N–H and O–H groups in total. The average molecular weight is 517 g/mol. The van der Waals surface area contributed by atoms with Gasteiger partial charge in [0.1, 0.15) is 33.5 Å². The van der Waals surface area contributed by atoms with Crippen LogP contribution in [0, 0.1) is 6.92 Å². The minimum Gasteiger partial charge on any atom is -0.486 e. The zero-order valence-electron chi connectivity index (χ0n) is 18.9. The first-order valence-electron chi connectivity index (χ1n) is 10.4. The Morgan fingerprint density at radius 3 is 2.44 bits per heavy atom. The molecule has 0 aliphatic carbocycles. The number of benzene rings is 1. The van der Waals surface area contributed by atoms with Crippen molar-refractivity contribution in [2.45, 2.75) is 26.6 Å². The number of carbonyl (C=O) groups excluding carboxylic acids is 3. The van der Waals surface area contributed by atoms with Crippen molar-refractivity contribution in [1.82, 2.24) is 4.98 Å². The van der Waals surface area contributed by atoms with Gasteiger partial charge in [0.15, 0.2) is 11.5 Å². The van der Waals surface area contributed by atoms with Crippen molar-refractivity contribution >= 4 is 44.8 Å². The fraction of sp³-hybridized carbons (Fsp3) is 0.167. The molecular weight excluding hydrogens is 499 g/mol. The molecule has 0 radical (unpaired) electrons. The van der Waals surface area contributed by atoms with E-state index in [2.05, 4.69) is 10.3 Å². The van der Waals surface area contributed by atoms with Crippen molar-refractivity contribution < 1.29 is 36.7 Å². The zero-order chi connectivity index (χ0) is 26.2. The number of nitrogens with one attached hydrogen (secondary N) is 1. The summed E-state index contributed by atoms with van der Waals surface area (Å²) < 4.78 is 50.6. The number of nitrogens with two attached hydrogens (primary N) is 1. The van der Waals surface area contributed by atoms with E-state index in [0.29, 0.717) is 28.4 Å². The third kappa shape index (κ3) is 5.08. The molecule has 0 saturated heterocycles. The molecule has 4 aromatic rings. The molecular formula is C24H18F3N3O5S. The number of ketones is 1. The Balaban J connectivity index is 1.54. The van der Waals surface area contributed by atoms with E-state index < -0.39 is 23.7 Å². The van der Waals surface area contributed by atoms with Gasteiger partial charge >= 0.3 is 6.18 Å². The number of amides is 2. The van der Waals surface area contributed by atoms with Crippen LogP contribution in [0.4, 0.5) is 18.9 Å². The molecule has 8 nitrogen and oxygen atoms in total. The Hall–Kier alpha value is -4.19. The molecule has 0 fully saturated rings. The molecule has 0 aliphatic rings. The maximum atomic E-state index is 13.2. The summed E-state index contributed by atoms with van der Waals surface area (Å²) in [5, 5.41) is 2.70. The van der Waals surface area contributed by atoms with E-state index in [1.54, 1.807) is 24.3 Å².